The highest BCUT2D eigenvalue weighted by atomic mass is 33.1. The predicted molar refractivity (Wildman–Crippen MR) is 113 cm³/mol. The highest BCUT2D eigenvalue weighted by Gasteiger charge is 2.06. The zero-order chi connectivity index (χ0) is 19.5. The Morgan fingerprint density at radius 2 is 1.26 bits per heavy atom. The van der Waals surface area contributed by atoms with E-state index in [0.717, 1.165) is 5.69 Å². The van der Waals surface area contributed by atoms with Crippen LogP contribution < -0.4 is 21.5 Å². The fraction of sp³-hybridized carbons (Fsp3) is 0.222. The Morgan fingerprint density at radius 3 is 1.70 bits per heavy atom. The molecular weight excluding hydrogens is 384 g/mol. The third-order valence-corrected chi connectivity index (χ3v) is 5.80. The van der Waals surface area contributed by atoms with Crippen LogP contribution in [0.3, 0.4) is 0 Å². The summed E-state index contributed by atoms with van der Waals surface area (Å²) >= 11 is 0. The highest BCUT2D eigenvalue weighted by molar-refractivity contribution is 8.76. The smallest absolute Gasteiger partial charge is 0.253 e. The molecule has 2 rings (SSSR count). The van der Waals surface area contributed by atoms with Gasteiger partial charge in [0.2, 0.25) is 11.8 Å². The molecule has 0 aromatic heterocycles. The van der Waals surface area contributed by atoms with E-state index in [4.69, 9.17) is 5.73 Å². The number of nitrogens with one attached hydrogen (secondary N) is 3. The fourth-order valence-corrected chi connectivity index (χ4v) is 4.00. The quantitative estimate of drug-likeness (QED) is 0.274. The van der Waals surface area contributed by atoms with Crippen LogP contribution in [0.4, 0.5) is 22.7 Å². The highest BCUT2D eigenvalue weighted by Crippen LogP contribution is 2.23. The van der Waals surface area contributed by atoms with Gasteiger partial charge in [0.05, 0.1) is 0 Å². The van der Waals surface area contributed by atoms with Crippen molar-refractivity contribution in [2.75, 3.05) is 27.9 Å². The van der Waals surface area contributed by atoms with Gasteiger partial charge in [-0.2, -0.15) is 0 Å². The minimum atomic E-state index is -0.0907. The average Bonchev–Trinajstić information content (AvgIpc) is 2.67. The van der Waals surface area contributed by atoms with Crippen molar-refractivity contribution < 1.29 is 14.8 Å². The summed E-state index contributed by atoms with van der Waals surface area (Å²) in [6, 6.07) is 13.5. The minimum absolute atomic E-state index is 0.0540. The molecule has 0 aliphatic carbocycles. The van der Waals surface area contributed by atoms with Crippen molar-refractivity contribution in [1.29, 1.82) is 0 Å². The molecule has 7 nitrogen and oxygen atoms in total. The van der Waals surface area contributed by atoms with E-state index in [1.807, 2.05) is 0 Å². The van der Waals surface area contributed by atoms with Gasteiger partial charge in [0.15, 0.2) is 0 Å². The lowest BCUT2D eigenvalue weighted by molar-refractivity contribution is -0.379. The lowest BCUT2D eigenvalue weighted by Gasteiger charge is -2.06. The Labute approximate surface area is 165 Å². The number of anilines is 3. The molecule has 0 saturated carbocycles. The molecule has 2 amide bonds. The molecule has 5 N–H and O–H groups in total. The van der Waals surface area contributed by atoms with Crippen LogP contribution in [0.1, 0.15) is 12.8 Å². The van der Waals surface area contributed by atoms with Crippen LogP contribution in [0.15, 0.2) is 48.5 Å². The molecule has 0 spiro atoms. The van der Waals surface area contributed by atoms with E-state index in [2.05, 4.69) is 10.6 Å². The predicted octanol–water partition coefficient (Wildman–Crippen LogP) is 2.49. The van der Waals surface area contributed by atoms with E-state index in [-0.39, 0.29) is 11.8 Å². The monoisotopic (exact) mass is 405 g/mol. The van der Waals surface area contributed by atoms with Crippen LogP contribution in [0.2, 0.25) is 0 Å². The second-order valence-corrected chi connectivity index (χ2v) is 8.24. The molecule has 0 heterocycles. The van der Waals surface area contributed by atoms with Crippen molar-refractivity contribution in [2.24, 2.45) is 0 Å². The van der Waals surface area contributed by atoms with Gasteiger partial charge < -0.3 is 16.4 Å². The van der Waals surface area contributed by atoms with Gasteiger partial charge in [-0.3, -0.25) is 9.59 Å². The Hall–Kier alpha value is -2.52. The number of hydrogen-bond donors (Lipinski definition) is 4. The largest absolute Gasteiger partial charge is 0.399 e. The lowest BCUT2D eigenvalue weighted by Crippen LogP contribution is -2.55. The molecule has 2 aromatic carbocycles. The van der Waals surface area contributed by atoms with Crippen LogP contribution in [-0.4, -0.2) is 23.3 Å². The van der Waals surface area contributed by atoms with Gasteiger partial charge in [0, 0.05) is 63.6 Å². The average molecular weight is 406 g/mol. The second-order valence-electron chi connectivity index (χ2n) is 5.54. The molecule has 0 bridgehead atoms. The summed E-state index contributed by atoms with van der Waals surface area (Å²) in [7, 11) is 3.12. The van der Waals surface area contributed by atoms with Gasteiger partial charge in [0.25, 0.3) is 5.69 Å². The number of nitrogen functional groups attached to an aromatic ring is 1. The molecule has 0 aliphatic rings. The van der Waals surface area contributed by atoms with Crippen LogP contribution in [-0.2, 0) is 9.59 Å². The van der Waals surface area contributed by atoms with Crippen LogP contribution in [0.5, 0.6) is 0 Å². The first-order valence-electron chi connectivity index (χ1n) is 8.24. The number of rotatable bonds is 10. The normalized spacial score (nSPS) is 10.2. The van der Waals surface area contributed by atoms with Crippen molar-refractivity contribution >= 4 is 56.2 Å². The summed E-state index contributed by atoms with van der Waals surface area (Å²) in [5, 5.41) is 7.36. The number of nitroso groups, excluding NO2 is 1. The molecular formula is C18H21N4O3S2+. The summed E-state index contributed by atoms with van der Waals surface area (Å²) in [6.07, 6.45) is 0.769. The summed E-state index contributed by atoms with van der Waals surface area (Å²) in [5.74, 6) is 1.17. The van der Waals surface area contributed by atoms with Gasteiger partial charge in [-0.1, -0.05) is 21.6 Å². The second kappa shape index (κ2) is 11.2. The van der Waals surface area contributed by atoms with Crippen LogP contribution >= 0.6 is 21.6 Å². The Balaban J connectivity index is 1.54. The lowest BCUT2D eigenvalue weighted by atomic mass is 10.3. The standard InChI is InChI=1S/C18H20N4O3S2/c19-13-1-3-14(4-2-13)20-17(23)9-11-26-27-12-10-18(24)21-15-5-7-16(22-25)8-6-15/h1-8H,9-12,19H2,(H,20,23)(H,21,24)/p+1. The maximum Gasteiger partial charge on any atom is 0.253 e. The summed E-state index contributed by atoms with van der Waals surface area (Å²) in [6.45, 7) is 0. The van der Waals surface area contributed by atoms with Crippen LogP contribution in [0.25, 0.3) is 0 Å². The zero-order valence-corrected chi connectivity index (χ0v) is 16.2. The Morgan fingerprint density at radius 1 is 0.815 bits per heavy atom. The summed E-state index contributed by atoms with van der Waals surface area (Å²) in [4.78, 5) is 34.2. The number of nitrogens with two attached hydrogens (primary N) is 1. The maximum absolute atomic E-state index is 11.9. The number of benzene rings is 2. The van der Waals surface area contributed by atoms with E-state index in [9.17, 15) is 14.5 Å². The first-order valence-corrected chi connectivity index (χ1v) is 10.7. The van der Waals surface area contributed by atoms with Crippen molar-refractivity contribution in [3.8, 4) is 0 Å². The number of amides is 2. The first-order chi connectivity index (χ1) is 13.1. The van der Waals surface area contributed by atoms with Crippen LogP contribution in [0, 0.1) is 4.91 Å². The van der Waals surface area contributed by atoms with E-state index < -0.39 is 0 Å². The number of carbonyl (C=O) groups excluding carboxylic acids is 2. The number of carbonyl (C=O) groups is 2. The molecule has 0 unspecified atom stereocenters. The summed E-state index contributed by atoms with van der Waals surface area (Å²) < 4.78 is 0. The summed E-state index contributed by atoms with van der Waals surface area (Å²) in [5.41, 5.74) is 8.07. The van der Waals surface area contributed by atoms with E-state index in [1.165, 1.54) is 0 Å². The van der Waals surface area contributed by atoms with Gasteiger partial charge >= 0.3 is 0 Å². The zero-order valence-electron chi connectivity index (χ0n) is 14.6. The third kappa shape index (κ3) is 8.14. The minimum Gasteiger partial charge on any atom is -0.399 e. The Bertz CT molecular complexity index is 767. The van der Waals surface area contributed by atoms with Crippen molar-refractivity contribution in [3.63, 3.8) is 0 Å². The topological polar surface area (TPSA) is 115 Å². The van der Waals surface area contributed by atoms with Gasteiger partial charge in [-0.25, -0.2) is 0 Å². The van der Waals surface area contributed by atoms with Gasteiger partial charge in [-0.05, 0) is 36.4 Å². The SMILES string of the molecule is Nc1ccc(NC(=O)CCSSCCC(=O)Nc2ccc([NH+]=O)cc2)cc1. The molecule has 0 atom stereocenters. The molecule has 0 aliphatic heterocycles. The molecule has 0 saturated heterocycles. The molecule has 2 aromatic rings. The van der Waals surface area contributed by atoms with Crippen molar-refractivity contribution in [2.45, 2.75) is 12.8 Å². The third-order valence-electron chi connectivity index (χ3n) is 3.39. The van der Waals surface area contributed by atoms with E-state index >= 15 is 0 Å². The van der Waals surface area contributed by atoms with E-state index in [1.54, 1.807) is 75.3 Å². The van der Waals surface area contributed by atoms with E-state index in [0.29, 0.717) is 41.4 Å². The molecule has 27 heavy (non-hydrogen) atoms. The van der Waals surface area contributed by atoms with Crippen molar-refractivity contribution in [3.05, 3.63) is 53.4 Å². The maximum atomic E-state index is 11.9. The molecule has 142 valence electrons. The van der Waals surface area contributed by atoms with Gasteiger partial charge in [-0.15, -0.1) is 0 Å². The first kappa shape index (κ1) is 20.8. The van der Waals surface area contributed by atoms with Crippen molar-refractivity contribution in [1.82, 2.24) is 0 Å². The fourth-order valence-electron chi connectivity index (χ4n) is 2.02. The number of hydrogen-bond acceptors (Lipinski definition) is 6. The molecule has 0 radical (unpaired) electrons. The van der Waals surface area contributed by atoms with Gasteiger partial charge in [0.1, 0.15) is 0 Å². The molecule has 9 heteroatoms. The molecule has 0 fully saturated rings. The Kier molecular flexibility index (Phi) is 8.66.